The first-order chi connectivity index (χ1) is 7.18. The minimum Gasteiger partial charge on any atom is -0.469 e. The van der Waals surface area contributed by atoms with Gasteiger partial charge >= 0.3 is 5.97 Å². The first kappa shape index (κ1) is 10.2. The molecule has 4 nitrogen and oxygen atoms in total. The molecule has 0 spiro atoms. The Hall–Kier alpha value is -1.29. The molecule has 2 heterocycles. The third-order valence-electron chi connectivity index (χ3n) is 3.18. The average molecular weight is 209 g/mol. The summed E-state index contributed by atoms with van der Waals surface area (Å²) in [4.78, 5) is 11.6. The van der Waals surface area contributed by atoms with Crippen LogP contribution in [0.5, 0.6) is 0 Å². The van der Waals surface area contributed by atoms with Gasteiger partial charge in [0.2, 0.25) is 0 Å². The molecule has 1 aliphatic rings. The Bertz CT molecular complexity index is 347. The van der Waals surface area contributed by atoms with E-state index in [0.717, 1.165) is 12.3 Å². The number of carbonyl (C=O) groups is 1. The minimum absolute atomic E-state index is 0.173. The van der Waals surface area contributed by atoms with E-state index in [1.54, 1.807) is 6.26 Å². The highest BCUT2D eigenvalue weighted by Gasteiger charge is 2.47. The smallest absolute Gasteiger partial charge is 0.311 e. The predicted octanol–water partition coefficient (Wildman–Crippen LogP) is 0.930. The van der Waals surface area contributed by atoms with Crippen LogP contribution >= 0.6 is 0 Å². The van der Waals surface area contributed by atoms with Crippen LogP contribution < -0.4 is 5.32 Å². The summed E-state index contributed by atoms with van der Waals surface area (Å²) in [5, 5.41) is 3.21. The highest BCUT2D eigenvalue weighted by atomic mass is 16.5. The van der Waals surface area contributed by atoms with Gasteiger partial charge in [0.1, 0.15) is 5.76 Å². The molecule has 0 aliphatic carbocycles. The maximum Gasteiger partial charge on any atom is 0.311 e. The highest BCUT2D eigenvalue weighted by Crippen LogP contribution is 2.36. The number of hydrogen-bond donors (Lipinski definition) is 1. The molecule has 1 N–H and O–H groups in total. The summed E-state index contributed by atoms with van der Waals surface area (Å²) in [6.45, 7) is 3.40. The molecule has 0 radical (unpaired) electrons. The molecule has 1 aromatic rings. The Labute approximate surface area is 88.6 Å². The normalized spacial score (nSPS) is 30.4. The van der Waals surface area contributed by atoms with E-state index in [1.807, 2.05) is 19.1 Å². The van der Waals surface area contributed by atoms with E-state index in [-0.39, 0.29) is 17.3 Å². The van der Waals surface area contributed by atoms with Crippen molar-refractivity contribution in [3.05, 3.63) is 24.2 Å². The molecule has 4 heteroatoms. The number of methoxy groups -OCH3 is 1. The zero-order valence-corrected chi connectivity index (χ0v) is 8.95. The van der Waals surface area contributed by atoms with Gasteiger partial charge in [0, 0.05) is 13.1 Å². The molecule has 2 atom stereocenters. The third kappa shape index (κ3) is 1.55. The molecule has 0 aromatic carbocycles. The molecule has 1 saturated heterocycles. The lowest BCUT2D eigenvalue weighted by Crippen LogP contribution is -2.36. The standard InChI is InChI=1S/C11H15NO3/c1-11(9-4-3-5-15-9)7-12-6-8(11)10(13)14-2/h3-5,8,12H,6-7H2,1-2H3. The van der Waals surface area contributed by atoms with Crippen molar-refractivity contribution >= 4 is 5.97 Å². The second-order valence-corrected chi connectivity index (χ2v) is 4.10. The van der Waals surface area contributed by atoms with Crippen molar-refractivity contribution < 1.29 is 13.9 Å². The topological polar surface area (TPSA) is 51.5 Å². The molecule has 0 saturated carbocycles. The largest absolute Gasteiger partial charge is 0.469 e. The van der Waals surface area contributed by atoms with E-state index in [9.17, 15) is 4.79 Å². The SMILES string of the molecule is COC(=O)C1CNCC1(C)c1ccco1. The molecule has 0 bridgehead atoms. The van der Waals surface area contributed by atoms with Crippen LogP contribution in [0.1, 0.15) is 12.7 Å². The van der Waals surface area contributed by atoms with Crippen molar-refractivity contribution in [1.29, 1.82) is 0 Å². The van der Waals surface area contributed by atoms with Crippen LogP contribution in [0.4, 0.5) is 0 Å². The first-order valence-electron chi connectivity index (χ1n) is 5.01. The number of rotatable bonds is 2. The minimum atomic E-state index is -0.295. The van der Waals surface area contributed by atoms with Gasteiger partial charge < -0.3 is 14.5 Å². The fraction of sp³-hybridized carbons (Fsp3) is 0.545. The van der Waals surface area contributed by atoms with Crippen LogP contribution in [0.3, 0.4) is 0 Å². The van der Waals surface area contributed by atoms with Gasteiger partial charge in [-0.2, -0.15) is 0 Å². The monoisotopic (exact) mass is 209 g/mol. The summed E-state index contributed by atoms with van der Waals surface area (Å²) in [5.74, 6) is 0.482. The lowest BCUT2D eigenvalue weighted by Gasteiger charge is -2.26. The Balaban J connectivity index is 2.30. The van der Waals surface area contributed by atoms with Crippen molar-refractivity contribution in [2.75, 3.05) is 20.2 Å². The van der Waals surface area contributed by atoms with Crippen molar-refractivity contribution in [1.82, 2.24) is 5.32 Å². The number of furan rings is 1. The van der Waals surface area contributed by atoms with Gasteiger partial charge in [0.15, 0.2) is 0 Å². The van der Waals surface area contributed by atoms with Crippen LogP contribution in [0.15, 0.2) is 22.8 Å². The zero-order valence-electron chi connectivity index (χ0n) is 8.95. The van der Waals surface area contributed by atoms with E-state index in [0.29, 0.717) is 6.54 Å². The zero-order chi connectivity index (χ0) is 10.9. The van der Waals surface area contributed by atoms with Gasteiger partial charge in [-0.05, 0) is 12.1 Å². The van der Waals surface area contributed by atoms with Crippen LogP contribution in [0, 0.1) is 5.92 Å². The quantitative estimate of drug-likeness (QED) is 0.736. The number of esters is 1. The number of carbonyl (C=O) groups excluding carboxylic acids is 1. The molecule has 82 valence electrons. The molecular formula is C11H15NO3. The summed E-state index contributed by atoms with van der Waals surface area (Å²) in [6.07, 6.45) is 1.63. The van der Waals surface area contributed by atoms with Crippen LogP contribution in [0.25, 0.3) is 0 Å². The highest BCUT2D eigenvalue weighted by molar-refractivity contribution is 5.75. The molecule has 1 aromatic heterocycles. The summed E-state index contributed by atoms with van der Waals surface area (Å²) >= 11 is 0. The van der Waals surface area contributed by atoms with Crippen LogP contribution in [0.2, 0.25) is 0 Å². The second kappa shape index (κ2) is 3.70. The van der Waals surface area contributed by atoms with E-state index < -0.39 is 0 Å². The predicted molar refractivity (Wildman–Crippen MR) is 54.4 cm³/mol. The fourth-order valence-electron chi connectivity index (χ4n) is 2.17. The molecule has 1 fully saturated rings. The van der Waals surface area contributed by atoms with Gasteiger partial charge in [0.05, 0.1) is 24.7 Å². The Morgan fingerprint density at radius 2 is 2.53 bits per heavy atom. The van der Waals surface area contributed by atoms with Crippen molar-refractivity contribution in [3.8, 4) is 0 Å². The van der Waals surface area contributed by atoms with Crippen molar-refractivity contribution in [2.45, 2.75) is 12.3 Å². The lowest BCUT2D eigenvalue weighted by molar-refractivity contribution is -0.146. The van der Waals surface area contributed by atoms with Gasteiger partial charge in [-0.1, -0.05) is 6.92 Å². The fourth-order valence-corrected chi connectivity index (χ4v) is 2.17. The molecule has 0 amide bonds. The molecule has 2 unspecified atom stereocenters. The molecular weight excluding hydrogens is 194 g/mol. The lowest BCUT2D eigenvalue weighted by atomic mass is 9.78. The van der Waals surface area contributed by atoms with Gasteiger partial charge in [-0.3, -0.25) is 4.79 Å². The van der Waals surface area contributed by atoms with Gasteiger partial charge in [-0.25, -0.2) is 0 Å². The summed E-state index contributed by atoms with van der Waals surface area (Å²) in [5.41, 5.74) is -0.295. The van der Waals surface area contributed by atoms with Gasteiger partial charge in [0.25, 0.3) is 0 Å². The summed E-state index contributed by atoms with van der Waals surface area (Å²) in [6, 6.07) is 3.75. The van der Waals surface area contributed by atoms with E-state index in [2.05, 4.69) is 5.32 Å². The first-order valence-corrected chi connectivity index (χ1v) is 5.01. The average Bonchev–Trinajstić information content (AvgIpc) is 2.85. The maximum absolute atomic E-state index is 11.6. The summed E-state index contributed by atoms with van der Waals surface area (Å²) < 4.78 is 10.2. The summed E-state index contributed by atoms with van der Waals surface area (Å²) in [7, 11) is 1.42. The number of hydrogen-bond acceptors (Lipinski definition) is 4. The number of nitrogens with one attached hydrogen (secondary N) is 1. The molecule has 15 heavy (non-hydrogen) atoms. The van der Waals surface area contributed by atoms with Crippen molar-refractivity contribution in [3.63, 3.8) is 0 Å². The van der Waals surface area contributed by atoms with Crippen LogP contribution in [-0.4, -0.2) is 26.2 Å². The van der Waals surface area contributed by atoms with E-state index >= 15 is 0 Å². The second-order valence-electron chi connectivity index (χ2n) is 4.10. The molecule has 2 rings (SSSR count). The Morgan fingerprint density at radius 1 is 1.73 bits per heavy atom. The van der Waals surface area contributed by atoms with Crippen LogP contribution in [-0.2, 0) is 14.9 Å². The molecule has 1 aliphatic heterocycles. The maximum atomic E-state index is 11.6. The third-order valence-corrected chi connectivity index (χ3v) is 3.18. The number of ether oxygens (including phenoxy) is 1. The van der Waals surface area contributed by atoms with E-state index in [1.165, 1.54) is 7.11 Å². The van der Waals surface area contributed by atoms with Crippen molar-refractivity contribution in [2.24, 2.45) is 5.92 Å². The Kier molecular flexibility index (Phi) is 2.52. The van der Waals surface area contributed by atoms with E-state index in [4.69, 9.17) is 9.15 Å². The Morgan fingerprint density at radius 3 is 3.13 bits per heavy atom. The van der Waals surface area contributed by atoms with Gasteiger partial charge in [-0.15, -0.1) is 0 Å².